The minimum Gasteiger partial charge on any atom is -0.480 e. The van der Waals surface area contributed by atoms with Crippen molar-refractivity contribution in [3.05, 3.63) is 59.4 Å². The summed E-state index contributed by atoms with van der Waals surface area (Å²) in [5.74, 6) is 0.0279. The van der Waals surface area contributed by atoms with E-state index in [-0.39, 0.29) is 10.2 Å². The van der Waals surface area contributed by atoms with Crippen molar-refractivity contribution in [3.63, 3.8) is 0 Å². The molecule has 2 heterocycles. The number of ether oxygens (including phenoxy) is 1. The van der Waals surface area contributed by atoms with Gasteiger partial charge < -0.3 is 14.7 Å². The molecule has 1 aromatic carbocycles. The molecule has 1 N–H and O–H groups in total. The van der Waals surface area contributed by atoms with Crippen molar-refractivity contribution in [2.24, 2.45) is 0 Å². The second-order valence-electron chi connectivity index (χ2n) is 5.39. The number of carboxylic acid groups (broad SMARTS) is 1. The Morgan fingerprint density at radius 3 is 2.73 bits per heavy atom. The zero-order chi connectivity index (χ0) is 18.7. The van der Waals surface area contributed by atoms with Gasteiger partial charge in [-0.1, -0.05) is 48.3 Å². The van der Waals surface area contributed by atoms with E-state index in [1.165, 1.54) is 0 Å². The van der Waals surface area contributed by atoms with Crippen LogP contribution in [0, 0.1) is 0 Å². The van der Waals surface area contributed by atoms with E-state index in [1.54, 1.807) is 18.2 Å². The van der Waals surface area contributed by atoms with Crippen LogP contribution in [-0.2, 0) is 9.59 Å². The molecule has 2 aliphatic rings. The first-order chi connectivity index (χ1) is 12.5. The summed E-state index contributed by atoms with van der Waals surface area (Å²) in [6.45, 7) is 2.38. The number of aliphatic carboxylic acids is 1. The molecule has 1 saturated heterocycles. The maximum Gasteiger partial charge on any atom is 0.323 e. The number of allylic oxidation sites excluding steroid dienone is 4. The molecule has 3 rings (SSSR count). The van der Waals surface area contributed by atoms with Gasteiger partial charge in [-0.2, -0.15) is 0 Å². The molecular formula is C18H16N2O4S2. The van der Waals surface area contributed by atoms with Crippen LogP contribution < -0.4 is 9.64 Å². The molecule has 0 aromatic heterocycles. The van der Waals surface area contributed by atoms with Crippen LogP contribution in [0.2, 0.25) is 0 Å². The van der Waals surface area contributed by atoms with Gasteiger partial charge in [0.15, 0.2) is 5.75 Å². The second-order valence-corrected chi connectivity index (χ2v) is 7.06. The van der Waals surface area contributed by atoms with Gasteiger partial charge >= 0.3 is 5.97 Å². The third-order valence-electron chi connectivity index (χ3n) is 3.72. The molecule has 0 bridgehead atoms. The van der Waals surface area contributed by atoms with Gasteiger partial charge in [0, 0.05) is 6.54 Å². The van der Waals surface area contributed by atoms with E-state index in [4.69, 9.17) is 22.1 Å². The number of fused-ring (bicyclic) bond motifs is 1. The monoisotopic (exact) mass is 388 g/mol. The maximum absolute atomic E-state index is 12.2. The molecule has 0 radical (unpaired) electrons. The maximum atomic E-state index is 12.2. The fourth-order valence-corrected chi connectivity index (χ4v) is 3.78. The molecular weight excluding hydrogens is 372 g/mol. The van der Waals surface area contributed by atoms with Gasteiger partial charge in [0.25, 0.3) is 5.91 Å². The van der Waals surface area contributed by atoms with E-state index in [1.807, 2.05) is 42.2 Å². The number of amides is 1. The van der Waals surface area contributed by atoms with Crippen molar-refractivity contribution in [1.82, 2.24) is 4.90 Å². The van der Waals surface area contributed by atoms with Gasteiger partial charge in [-0.15, -0.1) is 0 Å². The number of rotatable bonds is 5. The van der Waals surface area contributed by atoms with E-state index in [0.29, 0.717) is 10.8 Å². The molecule has 1 amide bonds. The Labute approximate surface area is 160 Å². The van der Waals surface area contributed by atoms with Gasteiger partial charge in [0.2, 0.25) is 5.88 Å². The van der Waals surface area contributed by atoms with E-state index in [2.05, 4.69) is 0 Å². The minimum atomic E-state index is -1.10. The molecule has 26 heavy (non-hydrogen) atoms. The van der Waals surface area contributed by atoms with Crippen LogP contribution in [0.5, 0.6) is 5.75 Å². The summed E-state index contributed by atoms with van der Waals surface area (Å²) in [6.07, 6.45) is 6.92. The lowest BCUT2D eigenvalue weighted by Crippen LogP contribution is -2.33. The average molecular weight is 388 g/mol. The number of hydrogen-bond donors (Lipinski definition) is 1. The molecule has 134 valence electrons. The zero-order valence-corrected chi connectivity index (χ0v) is 15.5. The predicted molar refractivity (Wildman–Crippen MR) is 105 cm³/mol. The number of benzene rings is 1. The van der Waals surface area contributed by atoms with Crippen LogP contribution in [0.25, 0.3) is 0 Å². The van der Waals surface area contributed by atoms with Crippen LogP contribution in [0.1, 0.15) is 6.92 Å². The van der Waals surface area contributed by atoms with E-state index >= 15 is 0 Å². The summed E-state index contributed by atoms with van der Waals surface area (Å²) >= 11 is 6.14. The lowest BCUT2D eigenvalue weighted by atomic mass is 10.3. The van der Waals surface area contributed by atoms with Gasteiger partial charge in [-0.25, -0.2) is 0 Å². The predicted octanol–water partition coefficient (Wildman–Crippen LogP) is 3.13. The molecule has 0 aliphatic carbocycles. The van der Waals surface area contributed by atoms with Crippen LogP contribution in [-0.4, -0.2) is 39.3 Å². The van der Waals surface area contributed by atoms with Crippen LogP contribution in [0.3, 0.4) is 0 Å². The minimum absolute atomic E-state index is 0.252. The second kappa shape index (κ2) is 7.76. The number of carbonyl (C=O) groups excluding carboxylic acids is 1. The first-order valence-electron chi connectivity index (χ1n) is 7.89. The highest BCUT2D eigenvalue weighted by Gasteiger charge is 2.32. The van der Waals surface area contributed by atoms with Crippen molar-refractivity contribution in [2.75, 3.05) is 18.0 Å². The highest BCUT2D eigenvalue weighted by Crippen LogP contribution is 2.38. The first-order valence-corrected chi connectivity index (χ1v) is 9.12. The third-order valence-corrected chi connectivity index (χ3v) is 5.11. The Bertz CT molecular complexity index is 861. The lowest BCUT2D eigenvalue weighted by Gasteiger charge is -2.14. The standard InChI is InChI=1S/C18H16N2O4S2/c1-2-19-12-7-3-4-8-13(12)24-15(19)10-6-5-9-14-17(23)20(11-16(21)22)18(25)26-14/h3-10H,2,11H2,1H3,(H,21,22)/b6-5+,14-9+,15-10-. The van der Waals surface area contributed by atoms with Crippen molar-refractivity contribution >= 4 is 45.9 Å². The van der Waals surface area contributed by atoms with Gasteiger partial charge in [-0.05, 0) is 31.2 Å². The molecule has 0 saturated carbocycles. The fraction of sp³-hybridized carbons (Fsp3) is 0.167. The molecule has 0 atom stereocenters. The fourth-order valence-electron chi connectivity index (χ4n) is 2.57. The van der Waals surface area contributed by atoms with Crippen LogP contribution >= 0.6 is 24.0 Å². The molecule has 2 aliphatic heterocycles. The average Bonchev–Trinajstić information content (AvgIpc) is 3.10. The van der Waals surface area contributed by atoms with E-state index in [0.717, 1.165) is 34.6 Å². The number of nitrogens with zero attached hydrogens (tertiary/aromatic N) is 2. The molecule has 1 fully saturated rings. The van der Waals surface area contributed by atoms with Gasteiger partial charge in [-0.3, -0.25) is 14.5 Å². The van der Waals surface area contributed by atoms with E-state index < -0.39 is 12.5 Å². The third kappa shape index (κ3) is 3.66. The number of thiocarbonyl (C=S) groups is 1. The Kier molecular flexibility index (Phi) is 5.43. The smallest absolute Gasteiger partial charge is 0.323 e. The van der Waals surface area contributed by atoms with E-state index in [9.17, 15) is 9.59 Å². The van der Waals surface area contributed by atoms with Crippen LogP contribution in [0.15, 0.2) is 59.4 Å². The number of anilines is 1. The number of para-hydroxylation sites is 2. The highest BCUT2D eigenvalue weighted by molar-refractivity contribution is 8.26. The summed E-state index contributed by atoms with van der Waals surface area (Å²) in [6, 6.07) is 7.79. The topological polar surface area (TPSA) is 70.1 Å². The molecule has 8 heteroatoms. The largest absolute Gasteiger partial charge is 0.480 e. The number of carboxylic acids is 1. The summed E-state index contributed by atoms with van der Waals surface area (Å²) in [5.41, 5.74) is 1.02. The number of carbonyl (C=O) groups is 2. The lowest BCUT2D eigenvalue weighted by molar-refractivity contribution is -0.140. The first kappa shape index (κ1) is 18.2. The normalized spacial score (nSPS) is 19.7. The molecule has 6 nitrogen and oxygen atoms in total. The highest BCUT2D eigenvalue weighted by atomic mass is 32.2. The number of hydrogen-bond acceptors (Lipinski definition) is 6. The summed E-state index contributed by atoms with van der Waals surface area (Å²) < 4.78 is 6.08. The molecule has 1 aromatic rings. The van der Waals surface area contributed by atoms with Gasteiger partial charge in [0.1, 0.15) is 10.9 Å². The Balaban J connectivity index is 1.71. The van der Waals surface area contributed by atoms with Crippen molar-refractivity contribution in [1.29, 1.82) is 0 Å². The quantitative estimate of drug-likeness (QED) is 0.614. The SMILES string of the molecule is CCN1/C(=C/C=C/C=C2/SC(=S)N(CC(=O)O)C2=O)Oc2ccccc21. The zero-order valence-electron chi connectivity index (χ0n) is 13.9. The van der Waals surface area contributed by atoms with Crippen molar-refractivity contribution in [3.8, 4) is 5.75 Å². The van der Waals surface area contributed by atoms with Gasteiger partial charge in [0.05, 0.1) is 10.6 Å². The Morgan fingerprint density at radius 1 is 1.27 bits per heavy atom. The number of thioether (sulfide) groups is 1. The summed E-state index contributed by atoms with van der Waals surface area (Å²) in [7, 11) is 0. The van der Waals surface area contributed by atoms with Crippen molar-refractivity contribution in [2.45, 2.75) is 6.92 Å². The summed E-state index contributed by atoms with van der Waals surface area (Å²) in [5, 5.41) is 8.83. The van der Waals surface area contributed by atoms with Crippen molar-refractivity contribution < 1.29 is 19.4 Å². The molecule has 0 unspecified atom stereocenters. The molecule has 0 spiro atoms. The summed E-state index contributed by atoms with van der Waals surface area (Å²) in [4.78, 5) is 26.5. The Hall–Kier alpha value is -2.58. The Morgan fingerprint density at radius 2 is 2.00 bits per heavy atom. The van der Waals surface area contributed by atoms with Crippen LogP contribution in [0.4, 0.5) is 5.69 Å².